The number of ether oxygens (including phenoxy) is 3. The number of hydrogen-bond donors (Lipinski definition) is 2. The number of unbranched alkanes of at least 4 members (excludes halogenated alkanes) is 27. The van der Waals surface area contributed by atoms with Gasteiger partial charge in [-0.25, -0.2) is 4.57 Å². The zero-order chi connectivity index (χ0) is 52.7. The van der Waals surface area contributed by atoms with Crippen LogP contribution in [0.4, 0.5) is 0 Å². The minimum atomic E-state index is -4.76. The first kappa shape index (κ1) is 69.2. The third kappa shape index (κ3) is 52.1. The van der Waals surface area contributed by atoms with Crippen molar-refractivity contribution in [2.45, 2.75) is 277 Å². The molecule has 12 heteroatoms. The van der Waals surface area contributed by atoms with Gasteiger partial charge >= 0.3 is 25.7 Å². The van der Waals surface area contributed by atoms with E-state index in [9.17, 15) is 28.9 Å². The van der Waals surface area contributed by atoms with E-state index >= 15 is 0 Å². The summed E-state index contributed by atoms with van der Waals surface area (Å²) in [6, 6.07) is 0. The molecule has 72 heavy (non-hydrogen) atoms. The fourth-order valence-electron chi connectivity index (χ4n) is 7.95. The second kappa shape index (κ2) is 54.4. The molecule has 3 atom stereocenters. The average Bonchev–Trinajstić information content (AvgIpc) is 3.37. The van der Waals surface area contributed by atoms with Crippen LogP contribution in [-0.4, -0.2) is 66.5 Å². The summed E-state index contributed by atoms with van der Waals surface area (Å²) in [6.45, 7) is 4.49. The van der Waals surface area contributed by atoms with Gasteiger partial charge in [-0.2, -0.15) is 0 Å². The second-order valence-corrected chi connectivity index (χ2v) is 20.9. The number of phosphoric acid groups is 1. The standard InChI is InChI=1S/C60H107O11P/c1-4-7-10-13-16-19-22-25-27-28-30-32-34-37-40-43-46-49-58(62)67-53-57(71-60(64)51-48-45-42-39-36-33-29-26-23-20-17-14-11-8-5-2)55-69-72(65,66)68-54-56(52-61)70-59(63)50-47-44-41-38-35-31-24-21-18-15-12-9-6-3/h9,12,18,21,25-27,29,31,35,56-57,61H,4-8,10-11,13-17,19-20,22-24,28,30,32-34,36-55H2,1-3H3,(H,65,66)/b12-9-,21-18-,27-25-,29-26-,35-31-. The van der Waals surface area contributed by atoms with Crippen LogP contribution < -0.4 is 0 Å². The van der Waals surface area contributed by atoms with Gasteiger partial charge < -0.3 is 24.2 Å². The van der Waals surface area contributed by atoms with E-state index in [0.29, 0.717) is 19.3 Å². The minimum Gasteiger partial charge on any atom is -0.462 e. The summed E-state index contributed by atoms with van der Waals surface area (Å²) in [5.74, 6) is -1.50. The molecule has 0 aliphatic heterocycles. The van der Waals surface area contributed by atoms with E-state index in [1.807, 2.05) is 0 Å². The molecule has 11 nitrogen and oxygen atoms in total. The first-order valence-corrected chi connectivity index (χ1v) is 30.7. The van der Waals surface area contributed by atoms with Gasteiger partial charge in [-0.1, -0.05) is 204 Å². The SMILES string of the molecule is CC/C=C\C/C=C\C/C=C\CCCCCC(=O)OC(CO)COP(=O)(O)OCC(COC(=O)CCCCCCCCC/C=C\CCCCCCCC)OC(=O)CCCCCCC/C=C\CCCCCCCC. The average molecular weight is 1040 g/mol. The smallest absolute Gasteiger partial charge is 0.462 e. The van der Waals surface area contributed by atoms with E-state index in [1.54, 1.807) is 0 Å². The van der Waals surface area contributed by atoms with Crippen molar-refractivity contribution < 1.29 is 52.2 Å². The predicted octanol–water partition coefficient (Wildman–Crippen LogP) is 17.1. The highest BCUT2D eigenvalue weighted by molar-refractivity contribution is 7.47. The summed E-state index contributed by atoms with van der Waals surface area (Å²) < 4.78 is 39.5. The maximum absolute atomic E-state index is 12.9. The van der Waals surface area contributed by atoms with Gasteiger partial charge in [0.05, 0.1) is 19.8 Å². The lowest BCUT2D eigenvalue weighted by Gasteiger charge is -2.21. The molecule has 0 aromatic carbocycles. The molecular weight excluding hydrogens is 928 g/mol. The Morgan fingerprint density at radius 1 is 0.403 bits per heavy atom. The number of esters is 3. The van der Waals surface area contributed by atoms with Gasteiger partial charge in [-0.15, -0.1) is 0 Å². The Morgan fingerprint density at radius 3 is 1.14 bits per heavy atom. The molecular formula is C60H107O11P. The van der Waals surface area contributed by atoms with Crippen LogP contribution in [0.1, 0.15) is 265 Å². The van der Waals surface area contributed by atoms with Crippen molar-refractivity contribution in [1.29, 1.82) is 0 Å². The van der Waals surface area contributed by atoms with E-state index in [4.69, 9.17) is 23.3 Å². The Hall–Kier alpha value is -2.82. The summed E-state index contributed by atoms with van der Waals surface area (Å²) in [5.41, 5.74) is 0. The lowest BCUT2D eigenvalue weighted by atomic mass is 10.1. The van der Waals surface area contributed by atoms with Crippen LogP contribution in [0, 0.1) is 0 Å². The molecule has 418 valence electrons. The van der Waals surface area contributed by atoms with Gasteiger partial charge in [-0.3, -0.25) is 23.4 Å². The monoisotopic (exact) mass is 1030 g/mol. The molecule has 0 bridgehead atoms. The highest BCUT2D eigenvalue weighted by Crippen LogP contribution is 2.43. The molecule has 2 N–H and O–H groups in total. The van der Waals surface area contributed by atoms with Crippen molar-refractivity contribution in [3.05, 3.63) is 60.8 Å². The predicted molar refractivity (Wildman–Crippen MR) is 298 cm³/mol. The summed E-state index contributed by atoms with van der Waals surface area (Å²) in [4.78, 5) is 48.5. The van der Waals surface area contributed by atoms with Crippen LogP contribution in [0.25, 0.3) is 0 Å². The van der Waals surface area contributed by atoms with Crippen LogP contribution >= 0.6 is 7.82 Å². The molecule has 0 saturated carbocycles. The van der Waals surface area contributed by atoms with Crippen LogP contribution in [0.15, 0.2) is 60.8 Å². The third-order valence-corrected chi connectivity index (χ3v) is 13.3. The molecule has 0 amide bonds. The van der Waals surface area contributed by atoms with E-state index in [0.717, 1.165) is 103 Å². The number of phosphoric ester groups is 1. The second-order valence-electron chi connectivity index (χ2n) is 19.4. The van der Waals surface area contributed by atoms with Crippen molar-refractivity contribution >= 4 is 25.7 Å². The highest BCUT2D eigenvalue weighted by atomic mass is 31.2. The van der Waals surface area contributed by atoms with Crippen LogP contribution in [-0.2, 0) is 42.2 Å². The van der Waals surface area contributed by atoms with E-state index in [-0.39, 0.29) is 25.9 Å². The summed E-state index contributed by atoms with van der Waals surface area (Å²) in [5, 5.41) is 9.80. The summed E-state index contributed by atoms with van der Waals surface area (Å²) >= 11 is 0. The molecule has 0 fully saturated rings. The quantitative estimate of drug-likeness (QED) is 0.0197. The van der Waals surface area contributed by atoms with E-state index < -0.39 is 57.8 Å². The van der Waals surface area contributed by atoms with Crippen LogP contribution in [0.5, 0.6) is 0 Å². The maximum atomic E-state index is 12.9. The Bertz CT molecular complexity index is 1440. The number of rotatable bonds is 54. The van der Waals surface area contributed by atoms with Crippen molar-refractivity contribution in [1.82, 2.24) is 0 Å². The highest BCUT2D eigenvalue weighted by Gasteiger charge is 2.28. The largest absolute Gasteiger partial charge is 0.472 e. The fraction of sp³-hybridized carbons (Fsp3) is 0.783. The molecule has 0 radical (unpaired) electrons. The molecule has 0 heterocycles. The summed E-state index contributed by atoms with van der Waals surface area (Å²) in [7, 11) is -4.76. The molecule has 0 aromatic heterocycles. The number of aliphatic hydroxyl groups is 1. The van der Waals surface area contributed by atoms with E-state index in [2.05, 4.69) is 81.5 Å². The van der Waals surface area contributed by atoms with E-state index in [1.165, 1.54) is 103 Å². The number of carbonyl (C=O) groups excluding carboxylic acids is 3. The lowest BCUT2D eigenvalue weighted by Crippen LogP contribution is -2.30. The van der Waals surface area contributed by atoms with Gasteiger partial charge in [0, 0.05) is 19.3 Å². The first-order valence-electron chi connectivity index (χ1n) is 29.2. The van der Waals surface area contributed by atoms with Gasteiger partial charge in [-0.05, 0) is 103 Å². The lowest BCUT2D eigenvalue weighted by molar-refractivity contribution is -0.161. The molecule has 0 aliphatic rings. The normalized spacial score (nSPS) is 13.8. The van der Waals surface area contributed by atoms with Crippen LogP contribution in [0.3, 0.4) is 0 Å². The van der Waals surface area contributed by atoms with Crippen molar-refractivity contribution in [2.75, 3.05) is 26.4 Å². The van der Waals surface area contributed by atoms with Gasteiger partial charge in [0.25, 0.3) is 0 Å². The molecule has 0 spiro atoms. The Morgan fingerprint density at radius 2 is 0.722 bits per heavy atom. The number of aliphatic hydroxyl groups excluding tert-OH is 1. The van der Waals surface area contributed by atoms with Crippen molar-refractivity contribution in [3.63, 3.8) is 0 Å². The fourth-order valence-corrected chi connectivity index (χ4v) is 8.73. The third-order valence-electron chi connectivity index (χ3n) is 12.4. The maximum Gasteiger partial charge on any atom is 0.472 e. The molecule has 0 aliphatic carbocycles. The number of hydrogen-bond acceptors (Lipinski definition) is 10. The van der Waals surface area contributed by atoms with Crippen molar-refractivity contribution in [2.24, 2.45) is 0 Å². The molecule has 0 saturated heterocycles. The topological polar surface area (TPSA) is 155 Å². The zero-order valence-corrected chi connectivity index (χ0v) is 47.0. The van der Waals surface area contributed by atoms with Gasteiger partial charge in [0.2, 0.25) is 0 Å². The Labute approximate surface area is 440 Å². The number of carbonyl (C=O) groups is 3. The van der Waals surface area contributed by atoms with Crippen molar-refractivity contribution in [3.8, 4) is 0 Å². The number of allylic oxidation sites excluding steroid dienone is 10. The minimum absolute atomic E-state index is 0.141. The molecule has 0 aromatic rings. The first-order chi connectivity index (χ1) is 35.2. The van der Waals surface area contributed by atoms with Crippen LogP contribution in [0.2, 0.25) is 0 Å². The van der Waals surface area contributed by atoms with Gasteiger partial charge in [0.1, 0.15) is 12.7 Å². The van der Waals surface area contributed by atoms with Gasteiger partial charge in [0.15, 0.2) is 6.10 Å². The zero-order valence-electron chi connectivity index (χ0n) is 46.1. The summed E-state index contributed by atoms with van der Waals surface area (Å²) in [6.07, 6.45) is 58.9. The molecule has 3 unspecified atom stereocenters. The Balaban J connectivity index is 4.75. The Kier molecular flexibility index (Phi) is 52.3. The molecule has 0 rings (SSSR count).